The quantitative estimate of drug-likeness (QED) is 0.116. The van der Waals surface area contributed by atoms with Gasteiger partial charge in [0.25, 0.3) is 0 Å². The second-order valence-corrected chi connectivity index (χ2v) is 25.9. The molecular weight excluding hydrogens is 1440 g/mol. The van der Waals surface area contributed by atoms with Crippen molar-refractivity contribution in [3.05, 3.63) is 204 Å². The number of benzene rings is 7. The second kappa shape index (κ2) is 32.7. The summed E-state index contributed by atoms with van der Waals surface area (Å²) in [6.07, 6.45) is -9.02. The number of alkyl halides is 6. The molecular formula is C70H57BrCl2F6N2O15S2. The van der Waals surface area contributed by atoms with Gasteiger partial charge >= 0.3 is 24.3 Å². The minimum absolute atomic E-state index is 0.00250. The van der Waals surface area contributed by atoms with Crippen LogP contribution in [-0.2, 0) is 36.2 Å². The molecule has 28 heteroatoms. The van der Waals surface area contributed by atoms with Gasteiger partial charge in [-0.2, -0.15) is 26.3 Å². The fraction of sp³-hybridized carbons (Fsp3) is 0.257. The van der Waals surface area contributed by atoms with Crippen LogP contribution < -0.4 is 24.0 Å². The van der Waals surface area contributed by atoms with E-state index in [4.69, 9.17) is 46.9 Å². The average Bonchev–Trinajstić information content (AvgIpc) is 1.16. The number of fused-ring (bicyclic) bond motifs is 7. The van der Waals surface area contributed by atoms with E-state index in [1.807, 2.05) is 38.2 Å². The van der Waals surface area contributed by atoms with Crippen molar-refractivity contribution in [3.63, 3.8) is 0 Å². The molecule has 0 fully saturated rings. The second-order valence-electron chi connectivity index (χ2n) is 22.0. The SMILES string of the molecule is CC(=O)N1CC(=O)c2ccc(Br)cc21.CC(=O)OC1COc2ccccc2C1=O.CC(=O)OC1Sc2ccccc2C1=O.CC1CN(C)c2cc(Cl)ccc2C1=O.O=C1CCOc2ccc(C(F)(F)F)cc21.O=C1CCOc2ccc(Cl)cc21.O=C1CSc2ccc(C(F)(F)F)cc21. The van der Waals surface area contributed by atoms with Crippen LogP contribution in [-0.4, -0.2) is 116 Å². The van der Waals surface area contributed by atoms with Crippen molar-refractivity contribution in [2.75, 3.05) is 55.5 Å². The molecule has 0 radical (unpaired) electrons. The Hall–Kier alpha value is -8.82. The molecule has 17 nitrogen and oxygen atoms in total. The molecule has 0 bridgehead atoms. The first-order chi connectivity index (χ1) is 46.3. The Labute approximate surface area is 583 Å². The van der Waals surface area contributed by atoms with Crippen molar-refractivity contribution in [1.29, 1.82) is 0 Å². The van der Waals surface area contributed by atoms with Gasteiger partial charge in [-0.05, 0) is 109 Å². The van der Waals surface area contributed by atoms with Crippen LogP contribution in [0.1, 0.15) is 124 Å². The lowest BCUT2D eigenvalue weighted by molar-refractivity contribution is -0.146. The van der Waals surface area contributed by atoms with Gasteiger partial charge in [0.15, 0.2) is 35.0 Å². The van der Waals surface area contributed by atoms with Crippen LogP contribution in [0.3, 0.4) is 0 Å². The molecule has 14 rings (SSSR count). The highest BCUT2D eigenvalue weighted by Gasteiger charge is 2.37. The van der Waals surface area contributed by atoms with Crippen LogP contribution in [0.25, 0.3) is 0 Å². The summed E-state index contributed by atoms with van der Waals surface area (Å²) in [5, 5.41) is 1.26. The Morgan fingerprint density at radius 3 is 1.71 bits per heavy atom. The summed E-state index contributed by atoms with van der Waals surface area (Å²) in [6.45, 7) is 7.73. The average molecular weight is 1500 g/mol. The largest absolute Gasteiger partial charge is 0.492 e. The number of rotatable bonds is 2. The van der Waals surface area contributed by atoms with Crippen molar-refractivity contribution < 1.29 is 98.0 Å². The van der Waals surface area contributed by atoms with Gasteiger partial charge in [-0.25, -0.2) is 0 Å². The molecule has 0 aliphatic carbocycles. The standard InChI is InChI=1S/C11H12ClNO.C11H10O4.C10H8BrNO2.C10H7F3O2.C10H8O3S.C9H7ClO2.C9H5F3OS/c1-7-6-13(2)10-5-8(12)3-4-9(10)11(7)14;1-7(12)15-10-6-14-9-5-3-2-4-8(9)11(10)13;1-6(13)12-5-10(14)8-3-2-7(11)4-9(8)12;11-10(12,13)6-1-2-9-7(5-6)8(14)3-4-15-9;1-6(11)13-10-9(12)7-4-2-3-5-8(7)14-10;10-6-1-2-9-7(5-6)8(11)3-4-12-9;10-9(11,12)5-1-2-8-6(3-5)7(13)4-14-8/h3-5,7H,6H2,1-2H3;2-5,10H,6H2,1H3;2-4H,5H2,1H3;1-2,5H,3-4H2;2-5,10H,1H3;1-2,5H,3-4H2;1-3H,4H2. The maximum Gasteiger partial charge on any atom is 0.416 e. The van der Waals surface area contributed by atoms with E-state index in [0.29, 0.717) is 67.4 Å². The summed E-state index contributed by atoms with van der Waals surface area (Å²) in [5.41, 5.74) is 2.74. The van der Waals surface area contributed by atoms with Crippen LogP contribution in [0.2, 0.25) is 10.0 Å². The van der Waals surface area contributed by atoms with Crippen LogP contribution >= 0.6 is 62.7 Å². The number of carbonyl (C=O) groups is 10. The zero-order valence-electron chi connectivity index (χ0n) is 52.4. The molecule has 0 N–H and O–H groups in total. The number of thioether (sulfide) groups is 2. The van der Waals surface area contributed by atoms with Gasteiger partial charge in [0.2, 0.25) is 22.9 Å². The minimum atomic E-state index is -4.42. The Morgan fingerprint density at radius 1 is 0.541 bits per heavy atom. The van der Waals surface area contributed by atoms with E-state index < -0.39 is 47.0 Å². The number of hydrogen-bond donors (Lipinski definition) is 0. The van der Waals surface area contributed by atoms with Gasteiger partial charge < -0.3 is 33.5 Å². The van der Waals surface area contributed by atoms with E-state index in [1.54, 1.807) is 78.9 Å². The molecule has 7 aliphatic heterocycles. The van der Waals surface area contributed by atoms with Crippen LogP contribution in [0, 0.1) is 5.92 Å². The van der Waals surface area contributed by atoms with E-state index in [9.17, 15) is 74.3 Å². The van der Waals surface area contributed by atoms with E-state index in [0.717, 1.165) is 51.4 Å². The third kappa shape index (κ3) is 19.1. The monoisotopic (exact) mass is 1490 g/mol. The number of halogens is 9. The van der Waals surface area contributed by atoms with Gasteiger partial charge in [0.05, 0.1) is 59.0 Å². The van der Waals surface area contributed by atoms with Crippen molar-refractivity contribution in [1.82, 2.24) is 0 Å². The molecule has 7 heterocycles. The van der Waals surface area contributed by atoms with Gasteiger partial charge in [0.1, 0.15) is 23.9 Å². The molecule has 1 amide bonds. The lowest BCUT2D eigenvalue weighted by Gasteiger charge is -2.30. The number of ether oxygens (including phenoxy) is 5. The first kappa shape index (κ1) is 75.0. The molecule has 0 aromatic heterocycles. The lowest BCUT2D eigenvalue weighted by Crippen LogP contribution is -2.36. The highest BCUT2D eigenvalue weighted by molar-refractivity contribution is 9.10. The van der Waals surface area contributed by atoms with Crippen molar-refractivity contribution in [2.24, 2.45) is 5.92 Å². The highest BCUT2D eigenvalue weighted by Crippen LogP contribution is 2.40. The maximum atomic E-state index is 12.3. The van der Waals surface area contributed by atoms with E-state index in [1.165, 1.54) is 61.3 Å². The Kier molecular flexibility index (Phi) is 25.0. The number of amides is 1. The zero-order valence-corrected chi connectivity index (χ0v) is 57.1. The normalized spacial score (nSPS) is 17.2. The van der Waals surface area contributed by atoms with Crippen LogP contribution in [0.5, 0.6) is 17.2 Å². The number of nitrogens with zero attached hydrogens (tertiary/aromatic N) is 2. The number of hydrogen-bond acceptors (Lipinski definition) is 18. The van der Waals surface area contributed by atoms with E-state index in [-0.39, 0.29) is 101 Å². The lowest BCUT2D eigenvalue weighted by atomic mass is 9.93. The molecule has 0 spiro atoms. The molecule has 3 unspecified atom stereocenters. The summed E-state index contributed by atoms with van der Waals surface area (Å²) < 4.78 is 100. The molecule has 7 aromatic carbocycles. The Balaban J connectivity index is 0.000000146. The van der Waals surface area contributed by atoms with Gasteiger partial charge in [0, 0.05) is 105 Å². The Morgan fingerprint density at radius 2 is 1.09 bits per heavy atom. The Bertz CT molecular complexity index is 4310. The van der Waals surface area contributed by atoms with E-state index >= 15 is 0 Å². The number of Topliss-reactive ketones (excluding diaryl/α,β-unsaturated/α-hetero) is 7. The third-order valence-electron chi connectivity index (χ3n) is 14.9. The summed E-state index contributed by atoms with van der Waals surface area (Å²) in [6, 6.07) is 36.3. The predicted octanol–water partition coefficient (Wildman–Crippen LogP) is 15.6. The number of carbonyl (C=O) groups excluding carboxylic acids is 10. The van der Waals surface area contributed by atoms with Crippen LogP contribution in [0.15, 0.2) is 154 Å². The fourth-order valence-electron chi connectivity index (χ4n) is 10.2. The fourth-order valence-corrected chi connectivity index (χ4v) is 12.9. The summed E-state index contributed by atoms with van der Waals surface area (Å²) >= 11 is 17.5. The third-order valence-corrected chi connectivity index (χ3v) is 18.0. The molecule has 98 heavy (non-hydrogen) atoms. The highest BCUT2D eigenvalue weighted by atomic mass is 79.9. The molecule has 0 saturated heterocycles. The zero-order chi connectivity index (χ0) is 71.5. The van der Waals surface area contributed by atoms with Gasteiger partial charge in [-0.15, -0.1) is 11.8 Å². The van der Waals surface area contributed by atoms with Gasteiger partial charge in [-0.1, -0.05) is 88.1 Å². The topological polar surface area (TPSA) is 223 Å². The molecule has 7 aliphatic rings. The van der Waals surface area contributed by atoms with E-state index in [2.05, 4.69) is 20.8 Å². The molecule has 0 saturated carbocycles. The minimum Gasteiger partial charge on any atom is -0.492 e. The van der Waals surface area contributed by atoms with Crippen molar-refractivity contribution in [2.45, 2.75) is 74.2 Å². The molecule has 3 atom stereocenters. The predicted molar refractivity (Wildman–Crippen MR) is 357 cm³/mol. The summed E-state index contributed by atoms with van der Waals surface area (Å²) in [7, 11) is 1.98. The van der Waals surface area contributed by atoms with Crippen molar-refractivity contribution >= 4 is 132 Å². The number of para-hydroxylation sites is 1. The number of ketones is 7. The van der Waals surface area contributed by atoms with Gasteiger partial charge in [-0.3, -0.25) is 47.9 Å². The number of anilines is 2. The molecule has 7 aromatic rings. The smallest absolute Gasteiger partial charge is 0.416 e. The van der Waals surface area contributed by atoms with Crippen molar-refractivity contribution in [3.8, 4) is 17.2 Å². The summed E-state index contributed by atoms with van der Waals surface area (Å²) in [4.78, 5) is 118. The maximum absolute atomic E-state index is 12.3. The van der Waals surface area contributed by atoms with Crippen LogP contribution in [0.4, 0.5) is 37.7 Å². The number of esters is 2. The molecule has 512 valence electrons. The first-order valence-electron chi connectivity index (χ1n) is 29.6. The summed E-state index contributed by atoms with van der Waals surface area (Å²) in [5.74, 6) is 0.226. The first-order valence-corrected chi connectivity index (χ1v) is 33.0.